The maximum absolute atomic E-state index is 11.9. The molecule has 0 spiro atoms. The monoisotopic (exact) mass is 268 g/mol. The van der Waals surface area contributed by atoms with Crippen LogP contribution in [0.15, 0.2) is 0 Å². The lowest BCUT2D eigenvalue weighted by molar-refractivity contribution is -0.178. The van der Waals surface area contributed by atoms with Gasteiger partial charge in [-0.1, -0.05) is 6.92 Å². The molecule has 0 saturated carbocycles. The molecule has 0 aliphatic carbocycles. The Balaban J connectivity index is 2.28. The van der Waals surface area contributed by atoms with Crippen molar-refractivity contribution >= 4 is 5.91 Å². The van der Waals surface area contributed by atoms with Gasteiger partial charge in [0.2, 0.25) is 5.91 Å². The molecule has 1 N–H and O–H groups in total. The van der Waals surface area contributed by atoms with Gasteiger partial charge in [0, 0.05) is 19.1 Å². The summed E-state index contributed by atoms with van der Waals surface area (Å²) in [6.45, 7) is 2.06. The molecular weight excluding hydrogens is 249 g/mol. The molecule has 0 aromatic rings. The SMILES string of the molecule is CCNC1CCCN(C(=O)COCC(F)(F)F)C1. The second-order valence-corrected chi connectivity index (χ2v) is 4.34. The Kier molecular flexibility index (Phi) is 5.87. The summed E-state index contributed by atoms with van der Waals surface area (Å²) in [5, 5.41) is 3.23. The van der Waals surface area contributed by atoms with Gasteiger partial charge in [-0.25, -0.2) is 0 Å². The zero-order valence-corrected chi connectivity index (χ0v) is 10.4. The Morgan fingerprint density at radius 1 is 1.50 bits per heavy atom. The number of ether oxygens (including phenoxy) is 1. The highest BCUT2D eigenvalue weighted by Crippen LogP contribution is 2.15. The van der Waals surface area contributed by atoms with E-state index in [0.29, 0.717) is 13.1 Å². The molecule has 1 aliphatic heterocycles. The van der Waals surface area contributed by atoms with E-state index in [2.05, 4.69) is 10.1 Å². The summed E-state index contributed by atoms with van der Waals surface area (Å²) in [5.74, 6) is -0.373. The molecule has 0 bridgehead atoms. The van der Waals surface area contributed by atoms with Crippen LogP contribution in [-0.4, -0.2) is 55.9 Å². The van der Waals surface area contributed by atoms with E-state index in [4.69, 9.17) is 0 Å². The van der Waals surface area contributed by atoms with E-state index in [0.717, 1.165) is 19.4 Å². The van der Waals surface area contributed by atoms with Crippen molar-refractivity contribution in [3.63, 3.8) is 0 Å². The Morgan fingerprint density at radius 2 is 2.22 bits per heavy atom. The van der Waals surface area contributed by atoms with Crippen LogP contribution in [0.5, 0.6) is 0 Å². The van der Waals surface area contributed by atoms with Crippen LogP contribution in [0.1, 0.15) is 19.8 Å². The van der Waals surface area contributed by atoms with Crippen LogP contribution in [0.3, 0.4) is 0 Å². The predicted molar refractivity (Wildman–Crippen MR) is 60.2 cm³/mol. The summed E-state index contributed by atoms with van der Waals surface area (Å²) in [6, 6.07) is 0.232. The quantitative estimate of drug-likeness (QED) is 0.813. The molecule has 1 saturated heterocycles. The van der Waals surface area contributed by atoms with Crippen LogP contribution in [0.4, 0.5) is 13.2 Å². The number of alkyl halides is 3. The number of likely N-dealkylation sites (tertiary alicyclic amines) is 1. The lowest BCUT2D eigenvalue weighted by atomic mass is 10.1. The van der Waals surface area contributed by atoms with Gasteiger partial charge in [-0.05, 0) is 19.4 Å². The lowest BCUT2D eigenvalue weighted by Crippen LogP contribution is -2.49. The fourth-order valence-electron chi connectivity index (χ4n) is 2.00. The number of hydrogen-bond donors (Lipinski definition) is 1. The third-order valence-electron chi connectivity index (χ3n) is 2.76. The standard InChI is InChI=1S/C11H19F3N2O2/c1-2-15-9-4-3-5-16(6-9)10(17)7-18-8-11(12,13)14/h9,15H,2-8H2,1H3. The highest BCUT2D eigenvalue weighted by molar-refractivity contribution is 5.77. The Labute approximate surface area is 104 Å². The Morgan fingerprint density at radius 3 is 2.83 bits per heavy atom. The van der Waals surface area contributed by atoms with Crippen molar-refractivity contribution in [2.45, 2.75) is 32.0 Å². The average molecular weight is 268 g/mol. The predicted octanol–water partition coefficient (Wildman–Crippen LogP) is 1.17. The molecule has 0 aromatic heterocycles. The Hall–Kier alpha value is -0.820. The first kappa shape index (κ1) is 15.2. The van der Waals surface area contributed by atoms with Crippen LogP contribution in [0, 0.1) is 0 Å². The van der Waals surface area contributed by atoms with E-state index in [1.807, 2.05) is 6.92 Å². The van der Waals surface area contributed by atoms with Gasteiger partial charge in [0.15, 0.2) is 0 Å². The van der Waals surface area contributed by atoms with Gasteiger partial charge >= 0.3 is 6.18 Å². The maximum atomic E-state index is 11.9. The number of nitrogens with one attached hydrogen (secondary N) is 1. The number of carbonyl (C=O) groups is 1. The van der Waals surface area contributed by atoms with Crippen molar-refractivity contribution in [1.29, 1.82) is 0 Å². The summed E-state index contributed by atoms with van der Waals surface area (Å²) in [6.07, 6.45) is -2.53. The minimum absolute atomic E-state index is 0.232. The summed E-state index contributed by atoms with van der Waals surface area (Å²) in [7, 11) is 0. The molecule has 18 heavy (non-hydrogen) atoms. The van der Waals surface area contributed by atoms with Crippen LogP contribution in [0.25, 0.3) is 0 Å². The fraction of sp³-hybridized carbons (Fsp3) is 0.909. The summed E-state index contributed by atoms with van der Waals surface area (Å²) >= 11 is 0. The smallest absolute Gasteiger partial charge is 0.362 e. The van der Waals surface area contributed by atoms with Gasteiger partial charge in [-0.2, -0.15) is 13.2 Å². The second kappa shape index (κ2) is 6.94. The first-order valence-electron chi connectivity index (χ1n) is 6.08. The van der Waals surface area contributed by atoms with E-state index in [1.54, 1.807) is 4.90 Å². The van der Waals surface area contributed by atoms with Gasteiger partial charge in [-0.15, -0.1) is 0 Å². The van der Waals surface area contributed by atoms with Crippen LogP contribution >= 0.6 is 0 Å². The van der Waals surface area contributed by atoms with Gasteiger partial charge in [0.25, 0.3) is 0 Å². The molecule has 4 nitrogen and oxygen atoms in total. The van der Waals surface area contributed by atoms with E-state index in [9.17, 15) is 18.0 Å². The van der Waals surface area contributed by atoms with Crippen molar-refractivity contribution in [2.24, 2.45) is 0 Å². The lowest BCUT2D eigenvalue weighted by Gasteiger charge is -2.33. The summed E-state index contributed by atoms with van der Waals surface area (Å²) in [5.41, 5.74) is 0. The summed E-state index contributed by atoms with van der Waals surface area (Å²) in [4.78, 5) is 13.2. The average Bonchev–Trinajstić information content (AvgIpc) is 2.28. The number of hydrogen-bond acceptors (Lipinski definition) is 3. The highest BCUT2D eigenvalue weighted by atomic mass is 19.4. The van der Waals surface area contributed by atoms with Crippen LogP contribution in [-0.2, 0) is 9.53 Å². The minimum Gasteiger partial charge on any atom is -0.362 e. The van der Waals surface area contributed by atoms with Crippen molar-refractivity contribution in [1.82, 2.24) is 10.2 Å². The third kappa shape index (κ3) is 5.68. The zero-order chi connectivity index (χ0) is 13.6. The van der Waals surface area contributed by atoms with Gasteiger partial charge in [0.1, 0.15) is 13.2 Å². The van der Waals surface area contributed by atoms with Gasteiger partial charge < -0.3 is 15.0 Å². The third-order valence-corrected chi connectivity index (χ3v) is 2.76. The number of likely N-dealkylation sites (N-methyl/N-ethyl adjacent to an activating group) is 1. The minimum atomic E-state index is -4.38. The maximum Gasteiger partial charge on any atom is 0.411 e. The molecule has 1 amide bonds. The molecule has 7 heteroatoms. The largest absolute Gasteiger partial charge is 0.411 e. The molecular formula is C11H19F3N2O2. The molecule has 1 aliphatic rings. The van der Waals surface area contributed by atoms with Gasteiger partial charge in [0.05, 0.1) is 0 Å². The normalized spacial score (nSPS) is 21.1. The van der Waals surface area contributed by atoms with E-state index in [-0.39, 0.29) is 11.9 Å². The summed E-state index contributed by atoms with van der Waals surface area (Å²) < 4.78 is 39.9. The van der Waals surface area contributed by atoms with Crippen molar-refractivity contribution in [2.75, 3.05) is 32.8 Å². The van der Waals surface area contributed by atoms with Crippen molar-refractivity contribution < 1.29 is 22.7 Å². The van der Waals surface area contributed by atoms with E-state index in [1.165, 1.54) is 0 Å². The number of nitrogens with zero attached hydrogens (tertiary/aromatic N) is 1. The zero-order valence-electron chi connectivity index (χ0n) is 10.4. The van der Waals surface area contributed by atoms with Gasteiger partial charge in [-0.3, -0.25) is 4.79 Å². The Bertz CT molecular complexity index is 270. The molecule has 0 radical (unpaired) electrons. The topological polar surface area (TPSA) is 41.6 Å². The van der Waals surface area contributed by atoms with Crippen molar-refractivity contribution in [3.8, 4) is 0 Å². The fourth-order valence-corrected chi connectivity index (χ4v) is 2.00. The molecule has 1 unspecified atom stereocenters. The molecule has 1 fully saturated rings. The van der Waals surface area contributed by atoms with Crippen LogP contribution < -0.4 is 5.32 Å². The number of carbonyl (C=O) groups excluding carboxylic acids is 1. The first-order chi connectivity index (χ1) is 8.42. The molecule has 1 heterocycles. The highest BCUT2D eigenvalue weighted by Gasteiger charge is 2.29. The molecule has 1 rings (SSSR count). The van der Waals surface area contributed by atoms with E-state index >= 15 is 0 Å². The molecule has 106 valence electrons. The molecule has 0 aromatic carbocycles. The number of halogens is 3. The molecule has 1 atom stereocenters. The second-order valence-electron chi connectivity index (χ2n) is 4.34. The van der Waals surface area contributed by atoms with Crippen molar-refractivity contribution in [3.05, 3.63) is 0 Å². The number of piperidine rings is 1. The van der Waals surface area contributed by atoms with E-state index < -0.39 is 19.4 Å². The first-order valence-corrected chi connectivity index (χ1v) is 6.08. The number of amides is 1. The number of rotatable bonds is 5. The van der Waals surface area contributed by atoms with Crippen LogP contribution in [0.2, 0.25) is 0 Å².